The van der Waals surface area contributed by atoms with Gasteiger partial charge in [0.25, 0.3) is 10.0 Å². The second-order valence-corrected chi connectivity index (χ2v) is 6.93. The molecule has 0 radical (unpaired) electrons. The topological polar surface area (TPSA) is 88.4 Å². The number of benzene rings is 2. The summed E-state index contributed by atoms with van der Waals surface area (Å²) < 4.78 is 29.4. The third kappa shape index (κ3) is 3.96. The molecule has 25 heavy (non-hydrogen) atoms. The standard InChI is InChI=1S/C18H16N2O4S/c1-13-15-9-5-6-10-16(15)24-17(13)18(21)19-20-25(22,23)12-11-14-7-3-2-4-8-14/h2-12,20H,1H3,(H,19,21)/b12-11+. The lowest BCUT2D eigenvalue weighted by atomic mass is 10.1. The summed E-state index contributed by atoms with van der Waals surface area (Å²) >= 11 is 0. The van der Waals surface area contributed by atoms with Crippen molar-refractivity contribution in [3.8, 4) is 0 Å². The van der Waals surface area contributed by atoms with Gasteiger partial charge >= 0.3 is 5.91 Å². The van der Waals surface area contributed by atoms with Crippen molar-refractivity contribution in [3.05, 3.63) is 76.9 Å². The molecule has 0 aliphatic carbocycles. The summed E-state index contributed by atoms with van der Waals surface area (Å²) in [4.78, 5) is 14.2. The number of fused-ring (bicyclic) bond motifs is 1. The number of hydrazine groups is 1. The molecular formula is C18H16N2O4S. The van der Waals surface area contributed by atoms with Crippen LogP contribution in [0.5, 0.6) is 0 Å². The highest BCUT2D eigenvalue weighted by Crippen LogP contribution is 2.24. The summed E-state index contributed by atoms with van der Waals surface area (Å²) in [6, 6.07) is 16.2. The molecule has 0 spiro atoms. The van der Waals surface area contributed by atoms with Gasteiger partial charge in [-0.2, -0.15) is 0 Å². The van der Waals surface area contributed by atoms with E-state index in [-0.39, 0.29) is 5.76 Å². The van der Waals surface area contributed by atoms with Crippen molar-refractivity contribution >= 4 is 33.0 Å². The van der Waals surface area contributed by atoms with Gasteiger partial charge in [0, 0.05) is 16.4 Å². The average molecular weight is 356 g/mol. The third-order valence-electron chi connectivity index (χ3n) is 3.60. The minimum atomic E-state index is -3.83. The first kappa shape index (κ1) is 16.9. The summed E-state index contributed by atoms with van der Waals surface area (Å²) in [6.07, 6.45) is 1.43. The van der Waals surface area contributed by atoms with E-state index in [4.69, 9.17) is 4.42 Å². The molecule has 0 saturated heterocycles. The van der Waals surface area contributed by atoms with E-state index in [1.165, 1.54) is 6.08 Å². The van der Waals surface area contributed by atoms with Gasteiger partial charge in [-0.1, -0.05) is 48.5 Å². The van der Waals surface area contributed by atoms with Crippen molar-refractivity contribution in [2.24, 2.45) is 0 Å². The lowest BCUT2D eigenvalue weighted by Crippen LogP contribution is -2.40. The molecule has 0 aliphatic rings. The fourth-order valence-electron chi connectivity index (χ4n) is 2.33. The number of para-hydroxylation sites is 1. The number of nitrogens with one attached hydrogen (secondary N) is 2. The number of amides is 1. The lowest BCUT2D eigenvalue weighted by Gasteiger charge is -2.04. The molecule has 1 amide bonds. The minimum Gasteiger partial charge on any atom is -0.451 e. The zero-order valence-corrected chi connectivity index (χ0v) is 14.2. The summed E-state index contributed by atoms with van der Waals surface area (Å²) in [5.74, 6) is -0.596. The van der Waals surface area contributed by atoms with E-state index >= 15 is 0 Å². The predicted molar refractivity (Wildman–Crippen MR) is 95.9 cm³/mol. The Morgan fingerprint density at radius 2 is 1.72 bits per heavy atom. The van der Waals surface area contributed by atoms with E-state index in [9.17, 15) is 13.2 Å². The van der Waals surface area contributed by atoms with Crippen molar-refractivity contribution in [2.75, 3.05) is 0 Å². The Bertz CT molecular complexity index is 1040. The minimum absolute atomic E-state index is 0.0657. The SMILES string of the molecule is Cc1c(C(=O)NNS(=O)(=O)/C=C/c2ccccc2)oc2ccccc12. The van der Waals surface area contributed by atoms with E-state index in [1.807, 2.05) is 23.0 Å². The Morgan fingerprint density at radius 1 is 1.04 bits per heavy atom. The Kier molecular flexibility index (Phi) is 4.69. The molecule has 0 fully saturated rings. The highest BCUT2D eigenvalue weighted by atomic mass is 32.2. The van der Waals surface area contributed by atoms with Crippen LogP contribution >= 0.6 is 0 Å². The summed E-state index contributed by atoms with van der Waals surface area (Å²) in [6.45, 7) is 1.74. The summed E-state index contributed by atoms with van der Waals surface area (Å²) in [5, 5.41) is 1.79. The Morgan fingerprint density at radius 3 is 2.44 bits per heavy atom. The average Bonchev–Trinajstić information content (AvgIpc) is 2.96. The van der Waals surface area contributed by atoms with Gasteiger partial charge in [0.15, 0.2) is 5.76 Å². The molecule has 0 aliphatic heterocycles. The zero-order valence-electron chi connectivity index (χ0n) is 13.4. The van der Waals surface area contributed by atoms with Gasteiger partial charge in [-0.15, -0.1) is 4.83 Å². The van der Waals surface area contributed by atoms with Crippen molar-refractivity contribution in [2.45, 2.75) is 6.92 Å². The maximum absolute atomic E-state index is 12.2. The first-order valence-corrected chi connectivity index (χ1v) is 9.04. The maximum atomic E-state index is 12.2. The van der Waals surface area contributed by atoms with Crippen LogP contribution < -0.4 is 10.3 Å². The zero-order chi connectivity index (χ0) is 17.9. The number of aryl methyl sites for hydroxylation is 1. The first-order chi connectivity index (χ1) is 12.0. The molecule has 3 aromatic rings. The van der Waals surface area contributed by atoms with Crippen molar-refractivity contribution < 1.29 is 17.6 Å². The molecule has 2 aromatic carbocycles. The van der Waals surface area contributed by atoms with Gasteiger partial charge in [0.1, 0.15) is 5.58 Å². The molecule has 1 aromatic heterocycles. The van der Waals surface area contributed by atoms with Crippen LogP contribution in [0.15, 0.2) is 64.4 Å². The molecule has 0 unspecified atom stereocenters. The molecule has 6 nitrogen and oxygen atoms in total. The molecule has 3 rings (SSSR count). The molecule has 128 valence electrons. The van der Waals surface area contributed by atoms with E-state index in [0.717, 1.165) is 16.4 Å². The smallest absolute Gasteiger partial charge is 0.302 e. The van der Waals surface area contributed by atoms with Crippen molar-refractivity contribution in [1.29, 1.82) is 0 Å². The van der Waals surface area contributed by atoms with Crippen LogP contribution in [0.1, 0.15) is 21.7 Å². The van der Waals surface area contributed by atoms with E-state index < -0.39 is 15.9 Å². The van der Waals surface area contributed by atoms with E-state index in [1.54, 1.807) is 43.3 Å². The monoisotopic (exact) mass is 356 g/mol. The highest BCUT2D eigenvalue weighted by Gasteiger charge is 2.18. The molecule has 1 heterocycles. The third-order valence-corrected chi connectivity index (χ3v) is 4.48. The van der Waals surface area contributed by atoms with Gasteiger partial charge in [-0.25, -0.2) is 8.42 Å². The number of carbonyl (C=O) groups excluding carboxylic acids is 1. The first-order valence-electron chi connectivity index (χ1n) is 7.50. The number of rotatable bonds is 5. The number of sulfonamides is 1. The van der Waals surface area contributed by atoms with Crippen LogP contribution in [-0.4, -0.2) is 14.3 Å². The van der Waals surface area contributed by atoms with E-state index in [2.05, 4.69) is 5.43 Å². The summed E-state index contributed by atoms with van der Waals surface area (Å²) in [5.41, 5.74) is 4.10. The van der Waals surface area contributed by atoms with Gasteiger partial charge in [-0.05, 0) is 24.6 Å². The Labute approximate surface area is 145 Å². The number of furan rings is 1. The Balaban J connectivity index is 1.70. The van der Waals surface area contributed by atoms with Crippen LogP contribution in [0.3, 0.4) is 0 Å². The number of hydrogen-bond acceptors (Lipinski definition) is 4. The summed E-state index contributed by atoms with van der Waals surface area (Å²) in [7, 11) is -3.83. The number of hydrogen-bond donors (Lipinski definition) is 2. The van der Waals surface area contributed by atoms with Crippen molar-refractivity contribution in [1.82, 2.24) is 10.3 Å². The Hall–Kier alpha value is -2.90. The van der Waals surface area contributed by atoms with Crippen LogP contribution in [0.25, 0.3) is 17.0 Å². The normalized spacial score (nSPS) is 11.9. The molecule has 7 heteroatoms. The second kappa shape index (κ2) is 6.92. The lowest BCUT2D eigenvalue weighted by molar-refractivity contribution is 0.0919. The van der Waals surface area contributed by atoms with Gasteiger partial charge in [-0.3, -0.25) is 10.2 Å². The van der Waals surface area contributed by atoms with E-state index in [0.29, 0.717) is 11.1 Å². The molecule has 0 bridgehead atoms. The van der Waals surface area contributed by atoms with Crippen LogP contribution in [-0.2, 0) is 10.0 Å². The predicted octanol–water partition coefficient (Wildman–Crippen LogP) is 2.98. The van der Waals surface area contributed by atoms with Gasteiger partial charge in [0.2, 0.25) is 0 Å². The van der Waals surface area contributed by atoms with Gasteiger partial charge < -0.3 is 4.42 Å². The second-order valence-electron chi connectivity index (χ2n) is 5.37. The molecule has 2 N–H and O–H groups in total. The van der Waals surface area contributed by atoms with Crippen LogP contribution in [0.4, 0.5) is 0 Å². The fourth-order valence-corrected chi connectivity index (χ4v) is 2.97. The quantitative estimate of drug-likeness (QED) is 0.688. The fraction of sp³-hybridized carbons (Fsp3) is 0.0556. The molecular weight excluding hydrogens is 340 g/mol. The maximum Gasteiger partial charge on any atom is 0.302 e. The number of carbonyl (C=O) groups is 1. The highest BCUT2D eigenvalue weighted by molar-refractivity contribution is 7.92. The van der Waals surface area contributed by atoms with Crippen molar-refractivity contribution in [3.63, 3.8) is 0 Å². The largest absolute Gasteiger partial charge is 0.451 e. The van der Waals surface area contributed by atoms with Gasteiger partial charge in [0.05, 0.1) is 0 Å². The van der Waals surface area contributed by atoms with Crippen LogP contribution in [0, 0.1) is 6.92 Å². The molecule has 0 saturated carbocycles. The molecule has 0 atom stereocenters. The van der Waals surface area contributed by atoms with Crippen LogP contribution in [0.2, 0.25) is 0 Å².